The van der Waals surface area contributed by atoms with Gasteiger partial charge in [-0.15, -0.1) is 0 Å². The number of halogens is 4. The monoisotopic (exact) mass is 289 g/mol. The zero-order chi connectivity index (χ0) is 15.0. The van der Waals surface area contributed by atoms with Crippen molar-refractivity contribution in [1.82, 2.24) is 5.32 Å². The molecular weight excluding hydrogens is 274 g/mol. The lowest BCUT2D eigenvalue weighted by Gasteiger charge is -2.11. The lowest BCUT2D eigenvalue weighted by atomic mass is 9.97. The molecule has 0 spiro atoms. The molecule has 1 aromatic carbocycles. The van der Waals surface area contributed by atoms with E-state index in [-0.39, 0.29) is 12.5 Å². The Morgan fingerprint density at radius 3 is 2.25 bits per heavy atom. The minimum atomic E-state index is -1.93. The van der Waals surface area contributed by atoms with E-state index in [0.717, 1.165) is 0 Å². The summed E-state index contributed by atoms with van der Waals surface area (Å²) in [5, 5.41) is 3.01. The first-order valence-corrected chi connectivity index (χ1v) is 6.56. The van der Waals surface area contributed by atoms with Crippen LogP contribution in [0.2, 0.25) is 0 Å². The van der Waals surface area contributed by atoms with Crippen LogP contribution in [0.15, 0.2) is 0 Å². The molecule has 0 amide bonds. The molecule has 0 radical (unpaired) electrons. The van der Waals surface area contributed by atoms with E-state index in [1.54, 1.807) is 0 Å². The number of nitrogens with one attached hydrogen (secondary N) is 1. The molecule has 6 heteroatoms. The second-order valence-electron chi connectivity index (χ2n) is 4.83. The number of hydrogen-bond acceptors (Lipinski definition) is 2. The smallest absolute Gasteiger partial charge is 0.198 e. The number of rotatable bonds is 5. The van der Waals surface area contributed by atoms with Crippen LogP contribution in [0.25, 0.3) is 0 Å². The molecule has 0 aliphatic heterocycles. The molecule has 0 heterocycles. The quantitative estimate of drug-likeness (QED) is 0.391. The zero-order valence-electron chi connectivity index (χ0n) is 11.2. The van der Waals surface area contributed by atoms with E-state index in [4.69, 9.17) is 0 Å². The van der Waals surface area contributed by atoms with Gasteiger partial charge in [0.2, 0.25) is 0 Å². The average Bonchev–Trinajstić information content (AvgIpc) is 3.19. The molecule has 110 valence electrons. The van der Waals surface area contributed by atoms with Gasteiger partial charge >= 0.3 is 0 Å². The van der Waals surface area contributed by atoms with E-state index in [1.807, 2.05) is 6.92 Å². The number of ketones is 1. The predicted octanol–water partition coefficient (Wildman–Crippen LogP) is 2.99. The second kappa shape index (κ2) is 5.52. The van der Waals surface area contributed by atoms with E-state index < -0.39 is 46.1 Å². The van der Waals surface area contributed by atoms with Crippen molar-refractivity contribution >= 4 is 5.78 Å². The fourth-order valence-corrected chi connectivity index (χ4v) is 2.42. The van der Waals surface area contributed by atoms with Crippen LogP contribution in [0.3, 0.4) is 0 Å². The van der Waals surface area contributed by atoms with Crippen LogP contribution in [0.1, 0.15) is 36.2 Å². The third kappa shape index (κ3) is 2.32. The van der Waals surface area contributed by atoms with Gasteiger partial charge in [-0.3, -0.25) is 4.79 Å². The molecule has 0 bridgehead atoms. The Morgan fingerprint density at radius 2 is 1.70 bits per heavy atom. The van der Waals surface area contributed by atoms with Crippen molar-refractivity contribution in [1.29, 1.82) is 0 Å². The predicted molar refractivity (Wildman–Crippen MR) is 65.6 cm³/mol. The van der Waals surface area contributed by atoms with Crippen molar-refractivity contribution in [3.8, 4) is 0 Å². The van der Waals surface area contributed by atoms with Crippen molar-refractivity contribution in [2.24, 2.45) is 5.92 Å². The Bertz CT molecular complexity index is 559. The fraction of sp³-hybridized carbons (Fsp3) is 0.500. The van der Waals surface area contributed by atoms with Crippen LogP contribution in [0, 0.1) is 29.2 Å². The average molecular weight is 289 g/mol. The summed E-state index contributed by atoms with van der Waals surface area (Å²) in [6.07, 6.45) is 0.412. The topological polar surface area (TPSA) is 29.1 Å². The fourth-order valence-electron chi connectivity index (χ4n) is 2.42. The van der Waals surface area contributed by atoms with Gasteiger partial charge in [0.1, 0.15) is 0 Å². The molecule has 1 fully saturated rings. The Morgan fingerprint density at radius 1 is 1.10 bits per heavy atom. The molecule has 1 saturated carbocycles. The third-order valence-electron chi connectivity index (χ3n) is 3.56. The van der Waals surface area contributed by atoms with Gasteiger partial charge in [0, 0.05) is 17.5 Å². The molecule has 2 unspecified atom stereocenters. The third-order valence-corrected chi connectivity index (χ3v) is 3.56. The minimum Gasteiger partial charge on any atom is -0.313 e. The summed E-state index contributed by atoms with van der Waals surface area (Å²) < 4.78 is 53.9. The summed E-state index contributed by atoms with van der Waals surface area (Å²) in [6.45, 7) is 3.96. The lowest BCUT2D eigenvalue weighted by Crippen LogP contribution is -2.22. The summed E-state index contributed by atoms with van der Waals surface area (Å²) in [6, 6.07) is -0.104. The van der Waals surface area contributed by atoms with Crippen LogP contribution in [0.5, 0.6) is 0 Å². The van der Waals surface area contributed by atoms with Gasteiger partial charge in [-0.2, -0.15) is 0 Å². The maximum absolute atomic E-state index is 13.8. The zero-order valence-corrected chi connectivity index (χ0v) is 11.2. The molecule has 2 rings (SSSR count). The molecule has 0 saturated heterocycles. The first-order valence-electron chi connectivity index (χ1n) is 6.56. The maximum Gasteiger partial charge on any atom is 0.198 e. The summed E-state index contributed by atoms with van der Waals surface area (Å²) >= 11 is 0. The molecular formula is C14H15F4NO. The Balaban J connectivity index is 2.44. The number of Topliss-reactive ketones (excluding diaryl/α,β-unsaturated/α-hetero) is 1. The molecule has 1 N–H and O–H groups in total. The minimum absolute atomic E-state index is 0.0837. The highest BCUT2D eigenvalue weighted by Gasteiger charge is 2.45. The summed E-state index contributed by atoms with van der Waals surface area (Å²) in [5.41, 5.74) is -1.04. The van der Waals surface area contributed by atoms with Gasteiger partial charge in [0.15, 0.2) is 29.1 Å². The Kier molecular flexibility index (Phi) is 4.13. The van der Waals surface area contributed by atoms with Gasteiger partial charge in [0.25, 0.3) is 0 Å². The van der Waals surface area contributed by atoms with Crippen LogP contribution >= 0.6 is 0 Å². The van der Waals surface area contributed by atoms with Crippen molar-refractivity contribution < 1.29 is 22.4 Å². The van der Waals surface area contributed by atoms with E-state index in [1.165, 1.54) is 6.92 Å². The highest BCUT2D eigenvalue weighted by atomic mass is 19.2. The largest absolute Gasteiger partial charge is 0.313 e. The number of carbonyl (C=O) groups is 1. The second-order valence-corrected chi connectivity index (χ2v) is 4.83. The van der Waals surface area contributed by atoms with E-state index in [2.05, 4.69) is 5.32 Å². The van der Waals surface area contributed by atoms with Crippen molar-refractivity contribution in [3.05, 3.63) is 34.4 Å². The van der Waals surface area contributed by atoms with Crippen LogP contribution in [0.4, 0.5) is 17.6 Å². The first-order chi connectivity index (χ1) is 9.43. The highest BCUT2D eigenvalue weighted by Crippen LogP contribution is 2.36. The van der Waals surface area contributed by atoms with Crippen molar-refractivity contribution in [3.63, 3.8) is 0 Å². The van der Waals surface area contributed by atoms with Gasteiger partial charge in [-0.1, -0.05) is 13.8 Å². The summed E-state index contributed by atoms with van der Waals surface area (Å²) in [5.74, 6) is -8.02. The molecule has 2 atom stereocenters. The number of hydrogen-bond donors (Lipinski definition) is 1. The molecule has 1 aliphatic rings. The van der Waals surface area contributed by atoms with Gasteiger partial charge in [-0.25, -0.2) is 17.6 Å². The van der Waals surface area contributed by atoms with Gasteiger partial charge in [-0.05, 0) is 19.4 Å². The number of carbonyl (C=O) groups excluding carboxylic acids is 1. The molecule has 2 nitrogen and oxygen atoms in total. The van der Waals surface area contributed by atoms with Gasteiger partial charge < -0.3 is 5.32 Å². The maximum atomic E-state index is 13.8. The van der Waals surface area contributed by atoms with Gasteiger partial charge in [0.05, 0.1) is 5.56 Å². The van der Waals surface area contributed by atoms with Crippen molar-refractivity contribution in [2.45, 2.75) is 32.7 Å². The first kappa shape index (κ1) is 15.0. The summed E-state index contributed by atoms with van der Waals surface area (Å²) in [4.78, 5) is 12.2. The number of benzene rings is 1. The Hall–Kier alpha value is -1.43. The highest BCUT2D eigenvalue weighted by molar-refractivity contribution is 6.01. The van der Waals surface area contributed by atoms with Crippen molar-refractivity contribution in [2.75, 3.05) is 6.54 Å². The van der Waals surface area contributed by atoms with Crippen LogP contribution in [-0.4, -0.2) is 18.4 Å². The Labute approximate surface area is 114 Å². The normalized spacial score (nSPS) is 21.1. The van der Waals surface area contributed by atoms with E-state index in [9.17, 15) is 22.4 Å². The lowest BCUT2D eigenvalue weighted by molar-refractivity contribution is 0.0956. The molecule has 1 aliphatic carbocycles. The van der Waals surface area contributed by atoms with E-state index in [0.29, 0.717) is 13.0 Å². The molecule has 0 aromatic heterocycles. The molecule has 20 heavy (non-hydrogen) atoms. The SMILES string of the molecule is CCNC1CC1C(=O)c1c(F)c(F)c(F)c(F)c1CC. The van der Waals surface area contributed by atoms with Crippen LogP contribution < -0.4 is 5.32 Å². The summed E-state index contributed by atoms with van der Waals surface area (Å²) in [7, 11) is 0. The molecule has 1 aromatic rings. The van der Waals surface area contributed by atoms with Crippen LogP contribution in [-0.2, 0) is 6.42 Å². The standard InChI is InChI=1S/C14H15F4NO/c1-3-6-9(11(16)13(18)12(17)10(6)15)14(20)7-5-8(7)19-4-2/h7-8,19H,3-5H2,1-2H3. The van der Waals surface area contributed by atoms with E-state index >= 15 is 0 Å².